The molecule has 0 bridgehead atoms. The number of phenols is 1. The van der Waals surface area contributed by atoms with E-state index in [1.807, 2.05) is 43.4 Å². The second kappa shape index (κ2) is 4.71. The maximum Gasteiger partial charge on any atom is 0.123 e. The predicted octanol–water partition coefficient (Wildman–Crippen LogP) is 3.61. The Morgan fingerprint density at radius 2 is 1.88 bits per heavy atom. The highest BCUT2D eigenvalue weighted by Gasteiger charge is 2.00. The van der Waals surface area contributed by atoms with Crippen molar-refractivity contribution in [1.82, 2.24) is 0 Å². The van der Waals surface area contributed by atoms with Gasteiger partial charge in [0.2, 0.25) is 0 Å². The summed E-state index contributed by atoms with van der Waals surface area (Å²) in [6.45, 7) is 1.95. The Morgan fingerprint density at radius 3 is 2.56 bits per heavy atom. The van der Waals surface area contributed by atoms with Crippen molar-refractivity contribution in [2.45, 2.75) is 13.3 Å². The number of rotatable bonds is 2. The Morgan fingerprint density at radius 1 is 1.12 bits per heavy atom. The quantitative estimate of drug-likeness (QED) is 0.814. The van der Waals surface area contributed by atoms with Gasteiger partial charge in [-0.1, -0.05) is 18.2 Å². The molecule has 2 nitrogen and oxygen atoms in total. The van der Waals surface area contributed by atoms with Crippen LogP contribution in [-0.2, 0) is 4.74 Å². The number of benzene rings is 1. The molecule has 0 aliphatic carbocycles. The van der Waals surface area contributed by atoms with E-state index >= 15 is 0 Å². The first kappa shape index (κ1) is 10.6. The second-order valence-electron chi connectivity index (χ2n) is 3.68. The van der Waals surface area contributed by atoms with Crippen LogP contribution in [0.4, 0.5) is 0 Å². The zero-order valence-corrected chi connectivity index (χ0v) is 9.18. The summed E-state index contributed by atoms with van der Waals surface area (Å²) in [5, 5.41) is 9.14. The Hall–Kier alpha value is -1.96. The molecule has 0 aromatic heterocycles. The topological polar surface area (TPSA) is 29.5 Å². The third-order valence-electron chi connectivity index (χ3n) is 2.34. The van der Waals surface area contributed by atoms with Gasteiger partial charge in [0.25, 0.3) is 0 Å². The fourth-order valence-corrected chi connectivity index (χ4v) is 1.48. The molecule has 1 aliphatic heterocycles. The molecule has 0 saturated heterocycles. The molecule has 0 spiro atoms. The minimum Gasteiger partial charge on any atom is -0.508 e. The van der Waals surface area contributed by atoms with E-state index in [0.717, 1.165) is 23.5 Å². The predicted molar refractivity (Wildman–Crippen MR) is 64.7 cm³/mol. The maximum atomic E-state index is 9.14. The maximum absolute atomic E-state index is 9.14. The molecule has 1 heterocycles. The van der Waals surface area contributed by atoms with Crippen LogP contribution in [0.3, 0.4) is 0 Å². The zero-order valence-electron chi connectivity index (χ0n) is 9.18. The Kier molecular flexibility index (Phi) is 3.10. The first-order chi connectivity index (χ1) is 7.74. The van der Waals surface area contributed by atoms with Gasteiger partial charge in [0.1, 0.15) is 11.5 Å². The monoisotopic (exact) mass is 214 g/mol. The van der Waals surface area contributed by atoms with Crippen LogP contribution < -0.4 is 0 Å². The van der Waals surface area contributed by atoms with Crippen LogP contribution in [0.25, 0.3) is 6.08 Å². The Labute approximate surface area is 95.2 Å². The zero-order chi connectivity index (χ0) is 11.4. The van der Waals surface area contributed by atoms with Gasteiger partial charge >= 0.3 is 0 Å². The molecule has 82 valence electrons. The number of ether oxygens (including phenoxy) is 1. The molecule has 1 aromatic rings. The van der Waals surface area contributed by atoms with Crippen molar-refractivity contribution in [3.63, 3.8) is 0 Å². The largest absolute Gasteiger partial charge is 0.508 e. The lowest BCUT2D eigenvalue weighted by molar-refractivity contribution is 0.313. The van der Waals surface area contributed by atoms with Gasteiger partial charge in [-0.3, -0.25) is 0 Å². The smallest absolute Gasteiger partial charge is 0.123 e. The molecule has 1 N–H and O–H groups in total. The van der Waals surface area contributed by atoms with Crippen molar-refractivity contribution in [3.8, 4) is 5.75 Å². The molecule has 0 atom stereocenters. The molecular weight excluding hydrogens is 200 g/mol. The molecular formula is C14H14O2. The van der Waals surface area contributed by atoms with Crippen molar-refractivity contribution in [3.05, 3.63) is 59.6 Å². The molecule has 1 aromatic carbocycles. The third kappa shape index (κ3) is 2.76. The molecule has 0 unspecified atom stereocenters. The SMILES string of the molecule is CC1=CCC=C(C=Cc2ccc(O)cc2)O1. The first-order valence-corrected chi connectivity index (χ1v) is 5.26. The van der Waals surface area contributed by atoms with E-state index in [9.17, 15) is 0 Å². The van der Waals surface area contributed by atoms with E-state index in [4.69, 9.17) is 9.84 Å². The Bertz CT molecular complexity index is 450. The summed E-state index contributed by atoms with van der Waals surface area (Å²) in [7, 11) is 0. The lowest BCUT2D eigenvalue weighted by atomic mass is 10.2. The molecule has 2 rings (SSSR count). The summed E-state index contributed by atoms with van der Waals surface area (Å²) in [6.07, 6.45) is 8.88. The van der Waals surface area contributed by atoms with E-state index in [1.165, 1.54) is 0 Å². The van der Waals surface area contributed by atoms with Crippen LogP contribution in [0.5, 0.6) is 5.75 Å². The summed E-state index contributed by atoms with van der Waals surface area (Å²) < 4.78 is 5.52. The van der Waals surface area contributed by atoms with Crippen LogP contribution >= 0.6 is 0 Å². The minimum absolute atomic E-state index is 0.282. The number of hydrogen-bond donors (Lipinski definition) is 1. The summed E-state index contributed by atoms with van der Waals surface area (Å²) in [4.78, 5) is 0. The van der Waals surface area contributed by atoms with Crippen LogP contribution in [-0.4, -0.2) is 5.11 Å². The summed E-state index contributed by atoms with van der Waals surface area (Å²) in [6, 6.07) is 7.05. The van der Waals surface area contributed by atoms with Gasteiger partial charge in [-0.25, -0.2) is 0 Å². The van der Waals surface area contributed by atoms with Crippen molar-refractivity contribution in [2.75, 3.05) is 0 Å². The highest BCUT2D eigenvalue weighted by Crippen LogP contribution is 2.17. The van der Waals surface area contributed by atoms with E-state index in [2.05, 4.69) is 0 Å². The number of aromatic hydroxyl groups is 1. The van der Waals surface area contributed by atoms with Crippen LogP contribution in [0, 0.1) is 0 Å². The van der Waals surface area contributed by atoms with Crippen LogP contribution in [0.1, 0.15) is 18.9 Å². The van der Waals surface area contributed by atoms with Gasteiger partial charge in [0.15, 0.2) is 0 Å². The number of allylic oxidation sites excluding steroid dienone is 4. The van der Waals surface area contributed by atoms with E-state index < -0.39 is 0 Å². The van der Waals surface area contributed by atoms with Gasteiger partial charge in [0.05, 0.1) is 5.76 Å². The molecule has 2 heteroatoms. The molecule has 1 aliphatic rings. The van der Waals surface area contributed by atoms with E-state index in [0.29, 0.717) is 0 Å². The lowest BCUT2D eigenvalue weighted by Gasteiger charge is -2.10. The molecule has 0 amide bonds. The van der Waals surface area contributed by atoms with E-state index in [1.54, 1.807) is 12.1 Å². The molecule has 16 heavy (non-hydrogen) atoms. The number of hydrogen-bond acceptors (Lipinski definition) is 2. The molecule has 0 fully saturated rings. The van der Waals surface area contributed by atoms with Crippen LogP contribution in [0.2, 0.25) is 0 Å². The van der Waals surface area contributed by atoms with Gasteiger partial charge in [-0.05, 0) is 49.3 Å². The summed E-state index contributed by atoms with van der Waals surface area (Å²) >= 11 is 0. The second-order valence-corrected chi connectivity index (χ2v) is 3.68. The van der Waals surface area contributed by atoms with Gasteiger partial charge < -0.3 is 9.84 Å². The lowest BCUT2D eigenvalue weighted by Crippen LogP contribution is -1.92. The average molecular weight is 214 g/mol. The van der Waals surface area contributed by atoms with Gasteiger partial charge in [-0.15, -0.1) is 0 Å². The van der Waals surface area contributed by atoms with Gasteiger partial charge in [-0.2, -0.15) is 0 Å². The molecule has 0 radical (unpaired) electrons. The first-order valence-electron chi connectivity index (χ1n) is 5.26. The van der Waals surface area contributed by atoms with Crippen molar-refractivity contribution in [2.24, 2.45) is 0 Å². The highest BCUT2D eigenvalue weighted by atomic mass is 16.5. The summed E-state index contributed by atoms with van der Waals surface area (Å²) in [5.74, 6) is 2.09. The highest BCUT2D eigenvalue weighted by molar-refractivity contribution is 5.53. The van der Waals surface area contributed by atoms with Crippen molar-refractivity contribution >= 4 is 6.08 Å². The normalized spacial score (nSPS) is 15.6. The van der Waals surface area contributed by atoms with Crippen molar-refractivity contribution in [1.29, 1.82) is 0 Å². The minimum atomic E-state index is 0.282. The Balaban J connectivity index is 2.04. The standard InChI is InChI=1S/C14H14O2/c1-11-3-2-4-14(16-11)10-7-12-5-8-13(15)9-6-12/h3-10,15H,2H2,1H3. The number of phenolic OH excluding ortho intramolecular Hbond substituents is 1. The van der Waals surface area contributed by atoms with Crippen LogP contribution in [0.15, 0.2) is 54.0 Å². The average Bonchev–Trinajstić information content (AvgIpc) is 2.28. The van der Waals surface area contributed by atoms with Crippen molar-refractivity contribution < 1.29 is 9.84 Å². The van der Waals surface area contributed by atoms with Gasteiger partial charge in [0, 0.05) is 0 Å². The third-order valence-corrected chi connectivity index (χ3v) is 2.34. The fourth-order valence-electron chi connectivity index (χ4n) is 1.48. The van der Waals surface area contributed by atoms with E-state index in [-0.39, 0.29) is 5.75 Å². The fraction of sp³-hybridized carbons (Fsp3) is 0.143. The molecule has 0 saturated carbocycles. The summed E-state index contributed by atoms with van der Waals surface area (Å²) in [5.41, 5.74) is 1.04.